The van der Waals surface area contributed by atoms with Crippen LogP contribution in [0.5, 0.6) is 5.75 Å². The van der Waals surface area contributed by atoms with Crippen molar-refractivity contribution in [3.63, 3.8) is 0 Å². The Morgan fingerprint density at radius 3 is 2.78 bits per heavy atom. The summed E-state index contributed by atoms with van der Waals surface area (Å²) < 4.78 is 11.0. The Labute approximate surface area is 161 Å². The first-order valence-corrected chi connectivity index (χ1v) is 9.14. The van der Waals surface area contributed by atoms with E-state index in [1.165, 1.54) is 6.07 Å². The van der Waals surface area contributed by atoms with E-state index >= 15 is 0 Å². The first kappa shape index (κ1) is 19.0. The molecule has 1 amide bonds. The number of aryl methyl sites for hydroxylation is 1. The van der Waals surface area contributed by atoms with Gasteiger partial charge >= 0.3 is 5.63 Å². The van der Waals surface area contributed by atoms with Crippen LogP contribution in [-0.2, 0) is 11.2 Å². The van der Waals surface area contributed by atoms with E-state index in [1.807, 2.05) is 6.07 Å². The number of carbonyl (C=O) groups is 1. The maximum Gasteiger partial charge on any atom is 0.336 e. The molecule has 0 fully saturated rings. The fraction of sp³-hybridized carbons (Fsp3) is 0.238. The summed E-state index contributed by atoms with van der Waals surface area (Å²) in [7, 11) is 0. The molecule has 140 valence electrons. The molecular weight excluding hydrogens is 366 g/mol. The van der Waals surface area contributed by atoms with E-state index in [2.05, 4.69) is 12.2 Å². The molecule has 6 heteroatoms. The average Bonchev–Trinajstić information content (AvgIpc) is 2.61. The van der Waals surface area contributed by atoms with Gasteiger partial charge in [-0.05, 0) is 49.2 Å². The van der Waals surface area contributed by atoms with E-state index < -0.39 is 11.7 Å². The molecule has 0 unspecified atom stereocenters. The number of hydrogen-bond acceptors (Lipinski definition) is 4. The van der Waals surface area contributed by atoms with Crippen LogP contribution in [0.4, 0.5) is 5.69 Å². The summed E-state index contributed by atoms with van der Waals surface area (Å²) in [6.07, 6.45) is 0.977. The van der Waals surface area contributed by atoms with Crippen molar-refractivity contribution in [2.75, 3.05) is 5.32 Å². The Kier molecular flexibility index (Phi) is 5.81. The molecule has 0 bridgehead atoms. The zero-order valence-corrected chi connectivity index (χ0v) is 15.9. The van der Waals surface area contributed by atoms with Crippen molar-refractivity contribution in [1.82, 2.24) is 0 Å². The quantitative estimate of drug-likeness (QED) is 0.618. The topological polar surface area (TPSA) is 68.5 Å². The molecule has 2 aromatic carbocycles. The van der Waals surface area contributed by atoms with Crippen molar-refractivity contribution in [2.45, 2.75) is 32.8 Å². The molecule has 1 aromatic heterocycles. The molecule has 27 heavy (non-hydrogen) atoms. The highest BCUT2D eigenvalue weighted by Crippen LogP contribution is 2.24. The minimum Gasteiger partial charge on any atom is -0.481 e. The molecule has 0 aliphatic carbocycles. The number of anilines is 1. The van der Waals surface area contributed by atoms with Gasteiger partial charge in [-0.2, -0.15) is 0 Å². The van der Waals surface area contributed by atoms with Crippen molar-refractivity contribution in [2.24, 2.45) is 0 Å². The highest BCUT2D eigenvalue weighted by molar-refractivity contribution is 6.30. The minimum atomic E-state index is -0.744. The van der Waals surface area contributed by atoms with Crippen LogP contribution < -0.4 is 15.7 Å². The number of carbonyl (C=O) groups excluding carboxylic acids is 1. The Hall–Kier alpha value is -2.79. The summed E-state index contributed by atoms with van der Waals surface area (Å²) in [5, 5.41) is 4.16. The monoisotopic (exact) mass is 385 g/mol. The van der Waals surface area contributed by atoms with E-state index in [0.29, 0.717) is 22.0 Å². The fourth-order valence-electron chi connectivity index (χ4n) is 2.83. The van der Waals surface area contributed by atoms with Gasteiger partial charge in [0, 0.05) is 28.2 Å². The summed E-state index contributed by atoms with van der Waals surface area (Å²) in [5.74, 6) is 0.145. The SMILES string of the molecule is CCCc1cc(=O)oc2cc(O[C@H](C)C(=O)Nc3cccc(Cl)c3)ccc12. The van der Waals surface area contributed by atoms with E-state index in [0.717, 1.165) is 23.8 Å². The number of rotatable bonds is 6. The van der Waals surface area contributed by atoms with Crippen molar-refractivity contribution < 1.29 is 13.9 Å². The third kappa shape index (κ3) is 4.68. The number of fused-ring (bicyclic) bond motifs is 1. The van der Waals surface area contributed by atoms with Crippen molar-refractivity contribution in [3.05, 3.63) is 69.5 Å². The summed E-state index contributed by atoms with van der Waals surface area (Å²) >= 11 is 5.92. The number of nitrogens with one attached hydrogen (secondary N) is 1. The number of hydrogen-bond donors (Lipinski definition) is 1. The molecule has 5 nitrogen and oxygen atoms in total. The number of benzene rings is 2. The van der Waals surface area contributed by atoms with Crippen LogP contribution in [0.15, 0.2) is 57.7 Å². The Morgan fingerprint density at radius 1 is 1.22 bits per heavy atom. The zero-order chi connectivity index (χ0) is 19.4. The van der Waals surface area contributed by atoms with Gasteiger partial charge in [0.25, 0.3) is 5.91 Å². The van der Waals surface area contributed by atoms with E-state index in [9.17, 15) is 9.59 Å². The molecule has 0 radical (unpaired) electrons. The van der Waals surface area contributed by atoms with Crippen molar-refractivity contribution >= 4 is 34.2 Å². The number of halogens is 1. The maximum atomic E-state index is 12.3. The molecular formula is C21H20ClNO4. The summed E-state index contributed by atoms with van der Waals surface area (Å²) in [6, 6.07) is 13.7. The van der Waals surface area contributed by atoms with E-state index in [4.69, 9.17) is 20.8 Å². The second-order valence-corrected chi connectivity index (χ2v) is 6.69. The molecule has 0 saturated heterocycles. The number of ether oxygens (including phenoxy) is 1. The molecule has 0 aliphatic heterocycles. The zero-order valence-electron chi connectivity index (χ0n) is 15.1. The van der Waals surface area contributed by atoms with Crippen LogP contribution in [-0.4, -0.2) is 12.0 Å². The van der Waals surface area contributed by atoms with Crippen LogP contribution in [0.3, 0.4) is 0 Å². The van der Waals surface area contributed by atoms with Gasteiger partial charge in [-0.3, -0.25) is 4.79 Å². The number of amides is 1. The summed E-state index contributed by atoms with van der Waals surface area (Å²) in [6.45, 7) is 3.70. The minimum absolute atomic E-state index is 0.307. The van der Waals surface area contributed by atoms with Crippen LogP contribution in [0.1, 0.15) is 25.8 Å². The van der Waals surface area contributed by atoms with Gasteiger partial charge in [0.1, 0.15) is 11.3 Å². The van der Waals surface area contributed by atoms with Crippen LogP contribution in [0.25, 0.3) is 11.0 Å². The Balaban J connectivity index is 1.77. The lowest BCUT2D eigenvalue weighted by Gasteiger charge is -2.15. The predicted octanol–water partition coefficient (Wildman–Crippen LogP) is 4.80. The van der Waals surface area contributed by atoms with Crippen LogP contribution >= 0.6 is 11.6 Å². The first-order chi connectivity index (χ1) is 13.0. The normalized spacial score (nSPS) is 12.0. The van der Waals surface area contributed by atoms with Gasteiger partial charge in [-0.15, -0.1) is 0 Å². The summed E-state index contributed by atoms with van der Waals surface area (Å²) in [4.78, 5) is 24.1. The summed E-state index contributed by atoms with van der Waals surface area (Å²) in [5.41, 5.74) is 1.60. The van der Waals surface area contributed by atoms with Gasteiger partial charge < -0.3 is 14.5 Å². The van der Waals surface area contributed by atoms with Gasteiger partial charge in [0.05, 0.1) is 0 Å². The van der Waals surface area contributed by atoms with Crippen molar-refractivity contribution in [1.29, 1.82) is 0 Å². The average molecular weight is 386 g/mol. The molecule has 3 rings (SSSR count). The van der Waals surface area contributed by atoms with Gasteiger partial charge in [-0.1, -0.05) is 31.0 Å². The Morgan fingerprint density at radius 2 is 2.04 bits per heavy atom. The fourth-order valence-corrected chi connectivity index (χ4v) is 3.02. The largest absolute Gasteiger partial charge is 0.481 e. The lowest BCUT2D eigenvalue weighted by Crippen LogP contribution is -2.30. The highest BCUT2D eigenvalue weighted by atomic mass is 35.5. The second kappa shape index (κ2) is 8.27. The lowest BCUT2D eigenvalue weighted by atomic mass is 10.1. The molecule has 3 aromatic rings. The standard InChI is InChI=1S/C21H20ClNO4/c1-3-5-14-10-20(24)27-19-12-17(8-9-18(14)19)26-13(2)21(25)23-16-7-4-6-15(22)11-16/h4,6-13H,3,5H2,1-2H3,(H,23,25)/t13-/m1/s1. The molecule has 0 spiro atoms. The lowest BCUT2D eigenvalue weighted by molar-refractivity contribution is -0.122. The van der Waals surface area contributed by atoms with Gasteiger partial charge in [-0.25, -0.2) is 4.79 Å². The van der Waals surface area contributed by atoms with Crippen LogP contribution in [0, 0.1) is 0 Å². The molecule has 0 aliphatic rings. The third-order valence-electron chi connectivity index (χ3n) is 4.10. The molecule has 1 atom stereocenters. The Bertz CT molecular complexity index is 1030. The smallest absolute Gasteiger partial charge is 0.336 e. The third-order valence-corrected chi connectivity index (χ3v) is 4.33. The van der Waals surface area contributed by atoms with Crippen molar-refractivity contribution in [3.8, 4) is 5.75 Å². The van der Waals surface area contributed by atoms with E-state index in [-0.39, 0.29) is 5.91 Å². The van der Waals surface area contributed by atoms with E-state index in [1.54, 1.807) is 43.3 Å². The second-order valence-electron chi connectivity index (χ2n) is 6.26. The van der Waals surface area contributed by atoms with Gasteiger partial charge in [0.2, 0.25) is 0 Å². The molecule has 1 heterocycles. The van der Waals surface area contributed by atoms with Crippen LogP contribution in [0.2, 0.25) is 5.02 Å². The molecule has 1 N–H and O–H groups in total. The maximum absolute atomic E-state index is 12.3. The highest BCUT2D eigenvalue weighted by Gasteiger charge is 2.16. The predicted molar refractivity (Wildman–Crippen MR) is 107 cm³/mol. The van der Waals surface area contributed by atoms with Gasteiger partial charge in [0.15, 0.2) is 6.10 Å². The first-order valence-electron chi connectivity index (χ1n) is 8.76. The molecule has 0 saturated carbocycles.